The highest BCUT2D eigenvalue weighted by Crippen LogP contribution is 2.19. The summed E-state index contributed by atoms with van der Waals surface area (Å²) in [5.41, 5.74) is 6.78. The first-order valence-electron chi connectivity index (χ1n) is 4.83. The van der Waals surface area contributed by atoms with Gasteiger partial charge < -0.3 is 15.8 Å². The van der Waals surface area contributed by atoms with E-state index in [1.54, 1.807) is 7.11 Å². The Balaban J connectivity index is 2.73. The van der Waals surface area contributed by atoms with Crippen molar-refractivity contribution in [3.63, 3.8) is 0 Å². The lowest BCUT2D eigenvalue weighted by molar-refractivity contribution is 0.414. The topological polar surface area (TPSA) is 47.3 Å². The fourth-order valence-electron chi connectivity index (χ4n) is 1.48. The molecule has 0 amide bonds. The third-order valence-corrected chi connectivity index (χ3v) is 2.32. The Kier molecular flexibility index (Phi) is 4.43. The van der Waals surface area contributed by atoms with E-state index in [1.165, 1.54) is 5.56 Å². The van der Waals surface area contributed by atoms with E-state index in [-0.39, 0.29) is 0 Å². The van der Waals surface area contributed by atoms with Crippen LogP contribution in [0.15, 0.2) is 24.3 Å². The Labute approximate surface area is 85.3 Å². The molecule has 3 nitrogen and oxygen atoms in total. The van der Waals surface area contributed by atoms with Gasteiger partial charge in [-0.25, -0.2) is 0 Å². The van der Waals surface area contributed by atoms with Crippen molar-refractivity contribution < 1.29 is 4.74 Å². The largest absolute Gasteiger partial charge is 0.497 e. The van der Waals surface area contributed by atoms with Gasteiger partial charge in [-0.05, 0) is 37.7 Å². The average molecular weight is 194 g/mol. The Bertz CT molecular complexity index is 258. The minimum absolute atomic E-state index is 0.339. The molecule has 1 aromatic carbocycles. The van der Waals surface area contributed by atoms with Crippen molar-refractivity contribution in [2.45, 2.75) is 12.5 Å². The molecule has 0 fully saturated rings. The summed E-state index contributed by atoms with van der Waals surface area (Å²) >= 11 is 0. The molecule has 1 unspecified atom stereocenters. The van der Waals surface area contributed by atoms with Crippen LogP contribution in [0.25, 0.3) is 0 Å². The van der Waals surface area contributed by atoms with Crippen molar-refractivity contribution in [1.29, 1.82) is 0 Å². The number of hydrogen-bond donors (Lipinski definition) is 2. The summed E-state index contributed by atoms with van der Waals surface area (Å²) < 4.78 is 5.10. The highest BCUT2D eigenvalue weighted by Gasteiger charge is 2.07. The van der Waals surface area contributed by atoms with Crippen LogP contribution in [-0.4, -0.2) is 20.7 Å². The Morgan fingerprint density at radius 1 is 1.36 bits per heavy atom. The minimum atomic E-state index is 0.339. The fourth-order valence-corrected chi connectivity index (χ4v) is 1.48. The van der Waals surface area contributed by atoms with E-state index in [1.807, 2.05) is 19.2 Å². The van der Waals surface area contributed by atoms with Crippen LogP contribution < -0.4 is 15.8 Å². The van der Waals surface area contributed by atoms with E-state index < -0.39 is 0 Å². The van der Waals surface area contributed by atoms with Gasteiger partial charge in [-0.3, -0.25) is 0 Å². The van der Waals surface area contributed by atoms with Gasteiger partial charge >= 0.3 is 0 Å². The monoisotopic (exact) mass is 194 g/mol. The number of benzene rings is 1. The highest BCUT2D eigenvalue weighted by molar-refractivity contribution is 5.29. The summed E-state index contributed by atoms with van der Waals surface area (Å²) in [4.78, 5) is 0. The molecule has 0 heterocycles. The van der Waals surface area contributed by atoms with E-state index in [2.05, 4.69) is 17.4 Å². The first-order chi connectivity index (χ1) is 6.81. The standard InChI is InChI=1S/C11H18N2O/c1-13-11(7-8-12)9-3-5-10(14-2)6-4-9/h3-6,11,13H,7-8,12H2,1-2H3. The second-order valence-corrected chi connectivity index (χ2v) is 3.19. The van der Waals surface area contributed by atoms with Crippen molar-refractivity contribution in [3.05, 3.63) is 29.8 Å². The lowest BCUT2D eigenvalue weighted by Gasteiger charge is -2.15. The highest BCUT2D eigenvalue weighted by atomic mass is 16.5. The van der Waals surface area contributed by atoms with Crippen LogP contribution in [0.3, 0.4) is 0 Å². The Morgan fingerprint density at radius 2 is 2.00 bits per heavy atom. The molecule has 0 saturated carbocycles. The molecule has 0 radical (unpaired) electrons. The van der Waals surface area contributed by atoms with Crippen LogP contribution in [0.4, 0.5) is 0 Å². The van der Waals surface area contributed by atoms with Gasteiger partial charge in [-0.2, -0.15) is 0 Å². The molecule has 0 aliphatic carbocycles. The molecule has 0 bridgehead atoms. The van der Waals surface area contributed by atoms with Crippen LogP contribution in [0.2, 0.25) is 0 Å². The fraction of sp³-hybridized carbons (Fsp3) is 0.455. The Morgan fingerprint density at radius 3 is 2.43 bits per heavy atom. The molecule has 1 aromatic rings. The molecule has 1 atom stereocenters. The van der Waals surface area contributed by atoms with E-state index in [0.717, 1.165) is 12.2 Å². The van der Waals surface area contributed by atoms with Gasteiger partial charge in [0.15, 0.2) is 0 Å². The maximum absolute atomic E-state index is 5.53. The molecule has 78 valence electrons. The molecule has 3 N–H and O–H groups in total. The third kappa shape index (κ3) is 2.72. The second kappa shape index (κ2) is 5.62. The summed E-state index contributed by atoms with van der Waals surface area (Å²) in [5, 5.41) is 3.24. The maximum atomic E-state index is 5.53. The van der Waals surface area contributed by atoms with Crippen molar-refractivity contribution in [3.8, 4) is 5.75 Å². The normalized spacial score (nSPS) is 12.5. The number of nitrogens with one attached hydrogen (secondary N) is 1. The predicted octanol–water partition coefficient (Wildman–Crippen LogP) is 1.30. The van der Waals surface area contributed by atoms with Crippen molar-refractivity contribution in [2.24, 2.45) is 5.73 Å². The van der Waals surface area contributed by atoms with Crippen molar-refractivity contribution in [2.75, 3.05) is 20.7 Å². The van der Waals surface area contributed by atoms with Crippen molar-refractivity contribution in [1.82, 2.24) is 5.32 Å². The van der Waals surface area contributed by atoms with E-state index >= 15 is 0 Å². The average Bonchev–Trinajstić information content (AvgIpc) is 2.26. The lowest BCUT2D eigenvalue weighted by atomic mass is 10.0. The zero-order chi connectivity index (χ0) is 10.4. The number of nitrogens with two attached hydrogens (primary N) is 1. The van der Waals surface area contributed by atoms with Crippen LogP contribution in [-0.2, 0) is 0 Å². The molecule has 0 aliphatic rings. The minimum Gasteiger partial charge on any atom is -0.497 e. The third-order valence-electron chi connectivity index (χ3n) is 2.32. The summed E-state index contributed by atoms with van der Waals surface area (Å²) in [6.45, 7) is 0.692. The summed E-state index contributed by atoms with van der Waals surface area (Å²) in [6, 6.07) is 8.41. The first-order valence-corrected chi connectivity index (χ1v) is 4.83. The van der Waals surface area contributed by atoms with Crippen LogP contribution >= 0.6 is 0 Å². The first kappa shape index (κ1) is 11.0. The lowest BCUT2D eigenvalue weighted by Crippen LogP contribution is -2.19. The number of rotatable bonds is 5. The van der Waals surface area contributed by atoms with Crippen LogP contribution in [0.1, 0.15) is 18.0 Å². The van der Waals surface area contributed by atoms with E-state index in [9.17, 15) is 0 Å². The summed E-state index contributed by atoms with van der Waals surface area (Å²) in [5.74, 6) is 0.886. The van der Waals surface area contributed by atoms with Gasteiger partial charge in [0.05, 0.1) is 7.11 Å². The molecular formula is C11H18N2O. The Hall–Kier alpha value is -1.06. The van der Waals surface area contributed by atoms with Gasteiger partial charge in [-0.15, -0.1) is 0 Å². The molecule has 0 aromatic heterocycles. The summed E-state index contributed by atoms with van der Waals surface area (Å²) in [6.07, 6.45) is 0.947. The zero-order valence-corrected chi connectivity index (χ0v) is 8.79. The molecular weight excluding hydrogens is 176 g/mol. The van der Waals surface area contributed by atoms with Gasteiger partial charge in [0.2, 0.25) is 0 Å². The van der Waals surface area contributed by atoms with Crippen LogP contribution in [0, 0.1) is 0 Å². The van der Waals surface area contributed by atoms with E-state index in [4.69, 9.17) is 10.5 Å². The maximum Gasteiger partial charge on any atom is 0.118 e. The van der Waals surface area contributed by atoms with E-state index in [0.29, 0.717) is 12.6 Å². The molecule has 0 saturated heterocycles. The summed E-state index contributed by atoms with van der Waals surface area (Å²) in [7, 11) is 3.62. The molecule has 3 heteroatoms. The molecule has 14 heavy (non-hydrogen) atoms. The van der Waals surface area contributed by atoms with Gasteiger partial charge in [-0.1, -0.05) is 12.1 Å². The number of methoxy groups -OCH3 is 1. The quantitative estimate of drug-likeness (QED) is 0.743. The van der Waals surface area contributed by atoms with Gasteiger partial charge in [0, 0.05) is 6.04 Å². The number of hydrogen-bond acceptors (Lipinski definition) is 3. The SMILES string of the molecule is CNC(CCN)c1ccc(OC)cc1. The van der Waals surface area contributed by atoms with Gasteiger partial charge in [0.1, 0.15) is 5.75 Å². The van der Waals surface area contributed by atoms with Crippen molar-refractivity contribution >= 4 is 0 Å². The molecule has 0 aliphatic heterocycles. The molecule has 0 spiro atoms. The predicted molar refractivity (Wildman–Crippen MR) is 58.5 cm³/mol. The second-order valence-electron chi connectivity index (χ2n) is 3.19. The smallest absolute Gasteiger partial charge is 0.118 e. The zero-order valence-electron chi connectivity index (χ0n) is 8.79. The number of ether oxygens (including phenoxy) is 1. The van der Waals surface area contributed by atoms with Gasteiger partial charge in [0.25, 0.3) is 0 Å². The molecule has 1 rings (SSSR count). The van der Waals surface area contributed by atoms with Crippen LogP contribution in [0.5, 0.6) is 5.75 Å².